The molecule has 1 aliphatic rings. The lowest BCUT2D eigenvalue weighted by Gasteiger charge is -2.23. The van der Waals surface area contributed by atoms with E-state index in [4.69, 9.17) is 0 Å². The summed E-state index contributed by atoms with van der Waals surface area (Å²) in [5, 5.41) is 2.05. The average Bonchev–Trinajstić information content (AvgIpc) is 3.03. The highest BCUT2D eigenvalue weighted by Crippen LogP contribution is 2.32. The maximum atomic E-state index is 14.0. The van der Waals surface area contributed by atoms with Gasteiger partial charge in [-0.1, -0.05) is 13.8 Å². The molecule has 0 spiro atoms. The van der Waals surface area contributed by atoms with Gasteiger partial charge in [-0.3, -0.25) is 9.69 Å². The van der Waals surface area contributed by atoms with Crippen LogP contribution in [0.3, 0.4) is 0 Å². The highest BCUT2D eigenvalue weighted by atomic mass is 19.4. The molecule has 0 saturated carbocycles. The SMILES string of the molecule is CC(C)C[C@H]1CN(c2ccc(C(F)(F)F)nc2)C(=O)N1CC(=O)Nc1ncc(C(F)(F)F)cc1F. The Morgan fingerprint density at radius 3 is 2.31 bits per heavy atom. The van der Waals surface area contributed by atoms with Gasteiger partial charge >= 0.3 is 18.4 Å². The van der Waals surface area contributed by atoms with Gasteiger partial charge in [-0.2, -0.15) is 26.3 Å². The number of alkyl halides is 6. The monoisotopic (exact) mass is 507 g/mol. The number of urea groups is 1. The number of aromatic nitrogens is 2. The molecule has 2 aromatic rings. The molecule has 3 heterocycles. The smallest absolute Gasteiger partial charge is 0.310 e. The molecule has 3 amide bonds. The van der Waals surface area contributed by atoms with E-state index in [1.807, 2.05) is 19.2 Å². The first-order valence-electron chi connectivity index (χ1n) is 10.3. The van der Waals surface area contributed by atoms with Crippen molar-refractivity contribution in [3.63, 3.8) is 0 Å². The van der Waals surface area contributed by atoms with Gasteiger partial charge in [-0.05, 0) is 30.5 Å². The minimum atomic E-state index is -4.82. The van der Waals surface area contributed by atoms with Gasteiger partial charge in [0.15, 0.2) is 11.6 Å². The Bertz CT molecular complexity index is 1090. The Labute approximate surface area is 194 Å². The van der Waals surface area contributed by atoms with Gasteiger partial charge in [-0.25, -0.2) is 19.2 Å². The normalized spacial score (nSPS) is 16.9. The molecule has 1 aliphatic heterocycles. The lowest BCUT2D eigenvalue weighted by atomic mass is 10.0. The number of pyridine rings is 2. The molecular formula is C21H20F7N5O2. The molecule has 1 saturated heterocycles. The summed E-state index contributed by atoms with van der Waals surface area (Å²) in [6.07, 6.45) is -7.77. The van der Waals surface area contributed by atoms with Crippen LogP contribution in [0.25, 0.3) is 0 Å². The number of hydrogen-bond acceptors (Lipinski definition) is 4. The van der Waals surface area contributed by atoms with Gasteiger partial charge < -0.3 is 10.2 Å². The second-order valence-corrected chi connectivity index (χ2v) is 8.30. The molecule has 0 radical (unpaired) electrons. The summed E-state index contributed by atoms with van der Waals surface area (Å²) in [7, 11) is 0. The van der Waals surface area contributed by atoms with Gasteiger partial charge in [0.25, 0.3) is 0 Å². The van der Waals surface area contributed by atoms with Crippen LogP contribution in [0.1, 0.15) is 31.5 Å². The van der Waals surface area contributed by atoms with Crippen LogP contribution in [0, 0.1) is 11.7 Å². The molecule has 1 N–H and O–H groups in total. The predicted molar refractivity (Wildman–Crippen MR) is 110 cm³/mol. The highest BCUT2D eigenvalue weighted by molar-refractivity contribution is 5.99. The van der Waals surface area contributed by atoms with Gasteiger partial charge in [-0.15, -0.1) is 0 Å². The first-order valence-corrected chi connectivity index (χ1v) is 10.3. The number of nitrogens with zero attached hydrogens (tertiary/aromatic N) is 4. The zero-order valence-electron chi connectivity index (χ0n) is 18.4. The van der Waals surface area contributed by atoms with Crippen LogP contribution in [0.5, 0.6) is 0 Å². The number of amides is 3. The van der Waals surface area contributed by atoms with Crippen LogP contribution in [-0.2, 0) is 17.1 Å². The Balaban J connectivity index is 1.76. The number of rotatable bonds is 6. The van der Waals surface area contributed by atoms with E-state index in [0.29, 0.717) is 12.6 Å². The van der Waals surface area contributed by atoms with E-state index in [1.54, 1.807) is 0 Å². The van der Waals surface area contributed by atoms with E-state index in [1.165, 1.54) is 4.90 Å². The molecule has 14 heteroatoms. The quantitative estimate of drug-likeness (QED) is 0.562. The molecule has 0 aliphatic carbocycles. The Morgan fingerprint density at radius 2 is 1.80 bits per heavy atom. The molecule has 0 aromatic carbocycles. The van der Waals surface area contributed by atoms with Gasteiger partial charge in [0.05, 0.1) is 23.5 Å². The molecule has 3 rings (SSSR count). The number of carbonyl (C=O) groups excluding carboxylic acids is 2. The summed E-state index contributed by atoms with van der Waals surface area (Å²) in [5.41, 5.74) is -2.37. The summed E-state index contributed by atoms with van der Waals surface area (Å²) >= 11 is 0. The fraction of sp³-hybridized carbons (Fsp3) is 0.429. The molecule has 190 valence electrons. The fourth-order valence-corrected chi connectivity index (χ4v) is 3.58. The summed E-state index contributed by atoms with van der Waals surface area (Å²) in [4.78, 5) is 34.5. The largest absolute Gasteiger partial charge is 0.433 e. The Hall–Kier alpha value is -3.45. The van der Waals surface area contributed by atoms with Crippen molar-refractivity contribution in [2.75, 3.05) is 23.3 Å². The molecule has 7 nitrogen and oxygen atoms in total. The van der Waals surface area contributed by atoms with E-state index in [-0.39, 0.29) is 24.2 Å². The number of anilines is 2. The Kier molecular flexibility index (Phi) is 7.22. The summed E-state index contributed by atoms with van der Waals surface area (Å²) in [6.45, 7) is 3.21. The maximum Gasteiger partial charge on any atom is 0.433 e. The van der Waals surface area contributed by atoms with E-state index >= 15 is 0 Å². The first kappa shape index (κ1) is 26.2. The molecule has 1 atom stereocenters. The van der Waals surface area contributed by atoms with E-state index < -0.39 is 59.8 Å². The van der Waals surface area contributed by atoms with Crippen LogP contribution in [-0.4, -0.2) is 45.9 Å². The van der Waals surface area contributed by atoms with Crippen molar-refractivity contribution in [2.45, 2.75) is 38.7 Å². The summed E-state index contributed by atoms with van der Waals surface area (Å²) in [6, 6.07) is 0.804. The molecule has 35 heavy (non-hydrogen) atoms. The number of carbonyl (C=O) groups is 2. The van der Waals surface area contributed by atoms with Crippen molar-refractivity contribution in [3.05, 3.63) is 47.7 Å². The minimum Gasteiger partial charge on any atom is -0.310 e. The van der Waals surface area contributed by atoms with Crippen LogP contribution in [0.4, 0.5) is 47.0 Å². The van der Waals surface area contributed by atoms with E-state index in [2.05, 4.69) is 9.97 Å². The zero-order valence-corrected chi connectivity index (χ0v) is 18.4. The van der Waals surface area contributed by atoms with Crippen molar-refractivity contribution >= 4 is 23.4 Å². The standard InChI is InChI=1S/C21H20F7N5O2/c1-11(2)5-14-9-32(13-3-4-16(29-8-13)21(26,27)28)19(35)33(14)10-17(34)31-18-15(22)6-12(7-30-18)20(23,24)25/h3-4,6-8,11,14H,5,9-10H2,1-2H3,(H,30,31,34)/t14-/m0/s1. The number of nitrogens with one attached hydrogen (secondary N) is 1. The lowest BCUT2D eigenvalue weighted by molar-refractivity contribution is -0.141. The highest BCUT2D eigenvalue weighted by Gasteiger charge is 2.40. The molecule has 1 fully saturated rings. The molecule has 2 aromatic heterocycles. The Morgan fingerprint density at radius 1 is 1.11 bits per heavy atom. The predicted octanol–water partition coefficient (Wildman–Crippen LogP) is 4.95. The average molecular weight is 507 g/mol. The lowest BCUT2D eigenvalue weighted by Crippen LogP contribution is -2.41. The van der Waals surface area contributed by atoms with E-state index in [0.717, 1.165) is 23.2 Å². The molecule has 0 unspecified atom stereocenters. The second kappa shape index (κ2) is 9.66. The van der Waals surface area contributed by atoms with E-state index in [9.17, 15) is 40.3 Å². The van der Waals surface area contributed by atoms with Crippen LogP contribution in [0.15, 0.2) is 30.6 Å². The van der Waals surface area contributed by atoms with Crippen molar-refractivity contribution in [2.24, 2.45) is 5.92 Å². The molecular weight excluding hydrogens is 487 g/mol. The summed E-state index contributed by atoms with van der Waals surface area (Å²) in [5.74, 6) is -2.97. The van der Waals surface area contributed by atoms with Crippen molar-refractivity contribution in [3.8, 4) is 0 Å². The molecule has 0 bridgehead atoms. The maximum absolute atomic E-state index is 14.0. The van der Waals surface area contributed by atoms with Crippen LogP contribution >= 0.6 is 0 Å². The minimum absolute atomic E-state index is 0.0598. The van der Waals surface area contributed by atoms with Gasteiger partial charge in [0.1, 0.15) is 12.2 Å². The van der Waals surface area contributed by atoms with Crippen molar-refractivity contribution in [1.29, 1.82) is 0 Å². The number of halogens is 7. The van der Waals surface area contributed by atoms with Gasteiger partial charge in [0, 0.05) is 12.7 Å². The second-order valence-electron chi connectivity index (χ2n) is 8.30. The third kappa shape index (κ3) is 6.17. The van der Waals surface area contributed by atoms with Crippen LogP contribution in [0.2, 0.25) is 0 Å². The first-order chi connectivity index (χ1) is 16.2. The third-order valence-electron chi connectivity index (χ3n) is 5.14. The third-order valence-corrected chi connectivity index (χ3v) is 5.14. The number of hydrogen-bond donors (Lipinski definition) is 1. The van der Waals surface area contributed by atoms with Crippen molar-refractivity contribution < 1.29 is 40.3 Å². The topological polar surface area (TPSA) is 78.4 Å². The van der Waals surface area contributed by atoms with Crippen LogP contribution < -0.4 is 10.2 Å². The fourth-order valence-electron chi connectivity index (χ4n) is 3.58. The zero-order chi connectivity index (χ0) is 26.1. The van der Waals surface area contributed by atoms with Gasteiger partial charge in [0.2, 0.25) is 5.91 Å². The van der Waals surface area contributed by atoms with Crippen molar-refractivity contribution in [1.82, 2.24) is 14.9 Å². The summed E-state index contributed by atoms with van der Waals surface area (Å²) < 4.78 is 90.4.